The third-order valence-electron chi connectivity index (χ3n) is 3.81. The molecule has 0 unspecified atom stereocenters. The molecule has 2 heteroatoms. The summed E-state index contributed by atoms with van der Waals surface area (Å²) in [4.78, 5) is 12.3. The van der Waals surface area contributed by atoms with Crippen molar-refractivity contribution in [3.8, 4) is 0 Å². The summed E-state index contributed by atoms with van der Waals surface area (Å²) in [5, 5.41) is 3.02. The Hall–Kier alpha value is -1.31. The summed E-state index contributed by atoms with van der Waals surface area (Å²) < 4.78 is 0. The zero-order valence-electron chi connectivity index (χ0n) is 12.2. The van der Waals surface area contributed by atoms with Crippen LogP contribution in [0, 0.1) is 0 Å². The minimum absolute atomic E-state index is 0.0890. The summed E-state index contributed by atoms with van der Waals surface area (Å²) >= 11 is 0. The predicted molar refractivity (Wildman–Crippen MR) is 79.5 cm³/mol. The minimum Gasteiger partial charge on any atom is -0.350 e. The van der Waals surface area contributed by atoms with E-state index >= 15 is 0 Å². The summed E-state index contributed by atoms with van der Waals surface area (Å²) in [6.07, 6.45) is 8.58. The molecule has 0 atom stereocenters. The van der Waals surface area contributed by atoms with Gasteiger partial charge in [0.15, 0.2) is 0 Å². The summed E-state index contributed by atoms with van der Waals surface area (Å²) in [6, 6.07) is 6.41. The fourth-order valence-electron chi connectivity index (χ4n) is 2.86. The number of benzene rings is 1. The summed E-state index contributed by atoms with van der Waals surface area (Å²) in [7, 11) is 0. The first kappa shape index (κ1) is 14.1. The maximum absolute atomic E-state index is 12.3. The van der Waals surface area contributed by atoms with Gasteiger partial charge in [0.05, 0.1) is 0 Å². The van der Waals surface area contributed by atoms with Crippen LogP contribution in [0.3, 0.4) is 0 Å². The lowest BCUT2D eigenvalue weighted by molar-refractivity contribution is 0.0942. The molecular formula is C17H25NO. The molecule has 0 radical (unpaired) electrons. The molecule has 0 fully saturated rings. The van der Waals surface area contributed by atoms with Gasteiger partial charge in [0.1, 0.15) is 0 Å². The van der Waals surface area contributed by atoms with E-state index in [0.717, 1.165) is 18.4 Å². The monoisotopic (exact) mass is 259 g/mol. The van der Waals surface area contributed by atoms with E-state index in [9.17, 15) is 4.79 Å². The first-order chi connectivity index (χ1) is 9.18. The highest BCUT2D eigenvalue weighted by Crippen LogP contribution is 2.23. The molecule has 1 amide bonds. The largest absolute Gasteiger partial charge is 0.350 e. The molecule has 2 nitrogen and oxygen atoms in total. The zero-order chi connectivity index (χ0) is 13.7. The van der Waals surface area contributed by atoms with E-state index in [4.69, 9.17) is 0 Å². The molecule has 1 aliphatic carbocycles. The molecule has 1 aromatic carbocycles. The fourth-order valence-corrected chi connectivity index (χ4v) is 2.86. The maximum atomic E-state index is 12.3. The van der Waals surface area contributed by atoms with Gasteiger partial charge in [0, 0.05) is 11.6 Å². The van der Waals surface area contributed by atoms with Gasteiger partial charge in [0.2, 0.25) is 0 Å². The molecule has 0 heterocycles. The summed E-state index contributed by atoms with van der Waals surface area (Å²) in [5.74, 6) is 0.0890. The van der Waals surface area contributed by atoms with Gasteiger partial charge >= 0.3 is 0 Å². The summed E-state index contributed by atoms with van der Waals surface area (Å²) in [6.45, 7) is 4.02. The standard InChI is InChI=1S/C17H25NO/c1-13(2)18-17(19)16-12-8-10-14-9-6-4-3-5-7-11-15(14)16/h8,10,12-13H,3-7,9,11H2,1-2H3,(H,18,19). The number of carbonyl (C=O) groups excluding carboxylic acids is 1. The van der Waals surface area contributed by atoms with Gasteiger partial charge in [-0.3, -0.25) is 4.79 Å². The number of nitrogens with one attached hydrogen (secondary N) is 1. The Labute approximate surface area is 116 Å². The predicted octanol–water partition coefficient (Wildman–Crippen LogP) is 3.87. The Bertz CT molecular complexity index is 437. The van der Waals surface area contributed by atoms with Gasteiger partial charge in [0.25, 0.3) is 5.91 Å². The lowest BCUT2D eigenvalue weighted by atomic mass is 9.94. The maximum Gasteiger partial charge on any atom is 0.251 e. The van der Waals surface area contributed by atoms with Crippen molar-refractivity contribution in [2.45, 2.75) is 64.8 Å². The average molecular weight is 259 g/mol. The highest BCUT2D eigenvalue weighted by atomic mass is 16.1. The quantitative estimate of drug-likeness (QED) is 0.858. The van der Waals surface area contributed by atoms with Crippen LogP contribution < -0.4 is 5.32 Å². The lowest BCUT2D eigenvalue weighted by Gasteiger charge is -2.15. The normalized spacial score (nSPS) is 16.2. The number of rotatable bonds is 2. The number of hydrogen-bond donors (Lipinski definition) is 1. The molecule has 1 aromatic rings. The van der Waals surface area contributed by atoms with Crippen LogP contribution >= 0.6 is 0 Å². The Balaban J connectivity index is 2.28. The third-order valence-corrected chi connectivity index (χ3v) is 3.81. The molecule has 0 aliphatic heterocycles. The lowest BCUT2D eigenvalue weighted by Crippen LogP contribution is -2.31. The van der Waals surface area contributed by atoms with Crippen LogP contribution in [0.15, 0.2) is 18.2 Å². The van der Waals surface area contributed by atoms with Crippen molar-refractivity contribution in [3.05, 3.63) is 34.9 Å². The van der Waals surface area contributed by atoms with Gasteiger partial charge in [-0.1, -0.05) is 31.4 Å². The van der Waals surface area contributed by atoms with Crippen molar-refractivity contribution >= 4 is 5.91 Å². The number of aryl methyl sites for hydroxylation is 1. The molecule has 2 rings (SSSR count). The van der Waals surface area contributed by atoms with Crippen LogP contribution in [-0.2, 0) is 12.8 Å². The van der Waals surface area contributed by atoms with E-state index in [2.05, 4.69) is 11.4 Å². The van der Waals surface area contributed by atoms with Gasteiger partial charge in [-0.2, -0.15) is 0 Å². The first-order valence-electron chi connectivity index (χ1n) is 7.60. The van der Waals surface area contributed by atoms with Gasteiger partial charge in [-0.05, 0) is 56.7 Å². The highest BCUT2D eigenvalue weighted by Gasteiger charge is 2.15. The smallest absolute Gasteiger partial charge is 0.251 e. The second kappa shape index (κ2) is 6.74. The topological polar surface area (TPSA) is 29.1 Å². The molecule has 1 aliphatic rings. The van der Waals surface area contributed by atoms with Crippen LogP contribution in [0.1, 0.15) is 67.4 Å². The Morgan fingerprint density at radius 1 is 1.05 bits per heavy atom. The Morgan fingerprint density at radius 2 is 1.74 bits per heavy atom. The van der Waals surface area contributed by atoms with Crippen molar-refractivity contribution in [3.63, 3.8) is 0 Å². The average Bonchev–Trinajstić information content (AvgIpc) is 2.48. The molecular weight excluding hydrogens is 234 g/mol. The Morgan fingerprint density at radius 3 is 2.47 bits per heavy atom. The van der Waals surface area contributed by atoms with Gasteiger partial charge in [-0.25, -0.2) is 0 Å². The fraction of sp³-hybridized carbons (Fsp3) is 0.588. The Kier molecular flexibility index (Phi) is 5.00. The highest BCUT2D eigenvalue weighted by molar-refractivity contribution is 5.96. The number of hydrogen-bond acceptors (Lipinski definition) is 1. The molecule has 0 saturated carbocycles. The number of carbonyl (C=O) groups is 1. The van der Waals surface area contributed by atoms with E-state index in [-0.39, 0.29) is 11.9 Å². The van der Waals surface area contributed by atoms with Crippen LogP contribution in [0.5, 0.6) is 0 Å². The van der Waals surface area contributed by atoms with Crippen LogP contribution in [0.4, 0.5) is 0 Å². The van der Waals surface area contributed by atoms with Crippen molar-refractivity contribution in [2.75, 3.05) is 0 Å². The summed E-state index contributed by atoms with van der Waals surface area (Å²) in [5.41, 5.74) is 3.58. The third kappa shape index (κ3) is 3.82. The molecule has 0 bridgehead atoms. The van der Waals surface area contributed by atoms with E-state index < -0.39 is 0 Å². The van der Waals surface area contributed by atoms with Crippen LogP contribution in [-0.4, -0.2) is 11.9 Å². The molecule has 19 heavy (non-hydrogen) atoms. The zero-order valence-corrected chi connectivity index (χ0v) is 12.2. The van der Waals surface area contributed by atoms with E-state index in [1.807, 2.05) is 26.0 Å². The second-order valence-corrected chi connectivity index (χ2v) is 5.84. The second-order valence-electron chi connectivity index (χ2n) is 5.84. The van der Waals surface area contributed by atoms with Crippen molar-refractivity contribution in [2.24, 2.45) is 0 Å². The molecule has 104 valence electrons. The van der Waals surface area contributed by atoms with Crippen molar-refractivity contribution < 1.29 is 4.79 Å². The van der Waals surface area contributed by atoms with Crippen molar-refractivity contribution in [1.82, 2.24) is 5.32 Å². The van der Waals surface area contributed by atoms with Gasteiger partial charge in [-0.15, -0.1) is 0 Å². The van der Waals surface area contributed by atoms with E-state index in [1.54, 1.807) is 0 Å². The number of amides is 1. The molecule has 1 N–H and O–H groups in total. The SMILES string of the molecule is CC(C)NC(=O)c1cccc2c1CCCCCCC2. The number of fused-ring (bicyclic) bond motifs is 1. The van der Waals surface area contributed by atoms with E-state index in [1.165, 1.54) is 43.2 Å². The van der Waals surface area contributed by atoms with E-state index in [0.29, 0.717) is 0 Å². The van der Waals surface area contributed by atoms with Crippen LogP contribution in [0.25, 0.3) is 0 Å². The van der Waals surface area contributed by atoms with Gasteiger partial charge < -0.3 is 5.32 Å². The first-order valence-corrected chi connectivity index (χ1v) is 7.60. The molecule has 0 spiro atoms. The van der Waals surface area contributed by atoms with Crippen molar-refractivity contribution in [1.29, 1.82) is 0 Å². The minimum atomic E-state index is 0.0890. The molecule has 0 aromatic heterocycles. The van der Waals surface area contributed by atoms with Crippen LogP contribution in [0.2, 0.25) is 0 Å². The molecule has 0 saturated heterocycles.